The standard InChI is InChI=1S/C14H21N3O2.2ClH/c1-10(9-12-3-5-15-6-4-12)17-14(18)13-11(2)19-8-7-16-13;;/h3-6,10-11,13,16H,7-9H2,1-2H3,(H,17,18);2*1H/t10?,11-,13+;;/m1../s1. The third-order valence-corrected chi connectivity index (χ3v) is 3.28. The van der Waals surface area contributed by atoms with Crippen LogP contribution in [0.4, 0.5) is 0 Å². The molecular formula is C14H23Cl2N3O2. The van der Waals surface area contributed by atoms with E-state index in [2.05, 4.69) is 15.6 Å². The molecule has 0 bridgehead atoms. The SMILES string of the molecule is CC(Cc1ccncc1)NC(=O)[C@H]1NCCO[C@@H]1C.Cl.Cl. The largest absolute Gasteiger partial charge is 0.375 e. The maximum Gasteiger partial charge on any atom is 0.240 e. The molecule has 1 amide bonds. The normalized spacial score (nSPS) is 22.4. The van der Waals surface area contributed by atoms with Crippen molar-refractivity contribution in [1.82, 2.24) is 15.6 Å². The Bertz CT molecular complexity index is 420. The number of carbonyl (C=O) groups is 1. The van der Waals surface area contributed by atoms with Crippen molar-refractivity contribution in [3.8, 4) is 0 Å². The number of carbonyl (C=O) groups excluding carboxylic acids is 1. The topological polar surface area (TPSA) is 63.2 Å². The number of halogens is 2. The monoisotopic (exact) mass is 335 g/mol. The fourth-order valence-electron chi connectivity index (χ4n) is 2.28. The van der Waals surface area contributed by atoms with Gasteiger partial charge < -0.3 is 15.4 Å². The second-order valence-corrected chi connectivity index (χ2v) is 4.98. The minimum atomic E-state index is -0.256. The molecule has 1 aromatic rings. The number of morpholine rings is 1. The van der Waals surface area contributed by atoms with Crippen molar-refractivity contribution in [3.63, 3.8) is 0 Å². The summed E-state index contributed by atoms with van der Waals surface area (Å²) < 4.78 is 5.48. The zero-order valence-corrected chi connectivity index (χ0v) is 13.9. The Labute approximate surface area is 138 Å². The summed E-state index contributed by atoms with van der Waals surface area (Å²) in [6.07, 6.45) is 4.25. The molecule has 1 unspecified atom stereocenters. The van der Waals surface area contributed by atoms with Gasteiger partial charge in [-0.2, -0.15) is 0 Å². The molecule has 0 aromatic carbocycles. The van der Waals surface area contributed by atoms with Crippen molar-refractivity contribution in [2.45, 2.75) is 38.5 Å². The molecule has 1 aromatic heterocycles. The summed E-state index contributed by atoms with van der Waals surface area (Å²) in [6, 6.07) is 3.76. The Morgan fingerprint density at radius 3 is 2.76 bits per heavy atom. The molecule has 0 saturated carbocycles. The van der Waals surface area contributed by atoms with Crippen molar-refractivity contribution in [1.29, 1.82) is 0 Å². The van der Waals surface area contributed by atoms with E-state index < -0.39 is 0 Å². The molecule has 7 heteroatoms. The first-order chi connectivity index (χ1) is 9.16. The highest BCUT2D eigenvalue weighted by Gasteiger charge is 2.28. The van der Waals surface area contributed by atoms with Crippen LogP contribution in [0.3, 0.4) is 0 Å². The van der Waals surface area contributed by atoms with Gasteiger partial charge in [0.05, 0.1) is 12.7 Å². The van der Waals surface area contributed by atoms with Gasteiger partial charge in [0.2, 0.25) is 5.91 Å². The summed E-state index contributed by atoms with van der Waals surface area (Å²) >= 11 is 0. The van der Waals surface area contributed by atoms with Gasteiger partial charge in [-0.3, -0.25) is 9.78 Å². The summed E-state index contributed by atoms with van der Waals surface area (Å²) in [4.78, 5) is 16.1. The Morgan fingerprint density at radius 1 is 1.48 bits per heavy atom. The van der Waals surface area contributed by atoms with Gasteiger partial charge in [-0.1, -0.05) is 0 Å². The molecule has 0 aliphatic carbocycles. The number of nitrogens with zero attached hydrogens (tertiary/aromatic N) is 1. The molecule has 2 N–H and O–H groups in total. The second-order valence-electron chi connectivity index (χ2n) is 4.98. The highest BCUT2D eigenvalue weighted by atomic mass is 35.5. The van der Waals surface area contributed by atoms with Gasteiger partial charge in [0.1, 0.15) is 6.04 Å². The predicted molar refractivity (Wildman–Crippen MR) is 87.2 cm³/mol. The lowest BCUT2D eigenvalue weighted by Gasteiger charge is -2.30. The molecule has 0 radical (unpaired) electrons. The smallest absolute Gasteiger partial charge is 0.240 e. The van der Waals surface area contributed by atoms with E-state index in [1.807, 2.05) is 26.0 Å². The maximum atomic E-state index is 12.1. The van der Waals surface area contributed by atoms with E-state index >= 15 is 0 Å². The van der Waals surface area contributed by atoms with E-state index in [1.165, 1.54) is 5.56 Å². The van der Waals surface area contributed by atoms with E-state index in [-0.39, 0.29) is 48.9 Å². The number of amides is 1. The first kappa shape index (κ1) is 20.1. The van der Waals surface area contributed by atoms with Crippen LogP contribution in [0.5, 0.6) is 0 Å². The van der Waals surface area contributed by atoms with Crippen LogP contribution in [0.25, 0.3) is 0 Å². The van der Waals surface area contributed by atoms with Gasteiger partial charge in [-0.05, 0) is 38.0 Å². The van der Waals surface area contributed by atoms with Gasteiger partial charge in [0.15, 0.2) is 0 Å². The van der Waals surface area contributed by atoms with Crippen molar-refractivity contribution in [3.05, 3.63) is 30.1 Å². The number of pyridine rings is 1. The van der Waals surface area contributed by atoms with Gasteiger partial charge >= 0.3 is 0 Å². The van der Waals surface area contributed by atoms with Crippen LogP contribution in [0.2, 0.25) is 0 Å². The van der Waals surface area contributed by atoms with Crippen LogP contribution in [0.15, 0.2) is 24.5 Å². The zero-order chi connectivity index (χ0) is 13.7. The van der Waals surface area contributed by atoms with E-state index in [1.54, 1.807) is 12.4 Å². The average Bonchev–Trinajstić information content (AvgIpc) is 2.40. The lowest BCUT2D eigenvalue weighted by Crippen LogP contribution is -2.56. The first-order valence-corrected chi connectivity index (χ1v) is 6.71. The number of hydrogen-bond acceptors (Lipinski definition) is 4. The predicted octanol–water partition coefficient (Wildman–Crippen LogP) is 1.35. The average molecular weight is 336 g/mol. The third-order valence-electron chi connectivity index (χ3n) is 3.28. The number of hydrogen-bond donors (Lipinski definition) is 2. The molecule has 5 nitrogen and oxygen atoms in total. The van der Waals surface area contributed by atoms with Crippen LogP contribution in [-0.2, 0) is 16.0 Å². The summed E-state index contributed by atoms with van der Waals surface area (Å²) in [7, 11) is 0. The highest BCUT2D eigenvalue weighted by molar-refractivity contribution is 5.85. The Balaban J connectivity index is 0.00000200. The molecule has 21 heavy (non-hydrogen) atoms. The summed E-state index contributed by atoms with van der Waals surface area (Å²) in [5, 5.41) is 6.22. The quantitative estimate of drug-likeness (QED) is 0.871. The van der Waals surface area contributed by atoms with Gasteiger partial charge in [0, 0.05) is 25.0 Å². The third kappa shape index (κ3) is 6.18. The summed E-state index contributed by atoms with van der Waals surface area (Å²) in [5.41, 5.74) is 1.17. The van der Waals surface area contributed by atoms with E-state index in [0.717, 1.165) is 13.0 Å². The molecule has 1 aliphatic heterocycles. The molecule has 120 valence electrons. The first-order valence-electron chi connectivity index (χ1n) is 6.71. The Morgan fingerprint density at radius 2 is 2.14 bits per heavy atom. The fourth-order valence-corrected chi connectivity index (χ4v) is 2.28. The van der Waals surface area contributed by atoms with Crippen molar-refractivity contribution in [2.24, 2.45) is 0 Å². The Kier molecular flexibility index (Phi) is 9.53. The molecule has 3 atom stereocenters. The number of rotatable bonds is 4. The van der Waals surface area contributed by atoms with Gasteiger partial charge in [-0.25, -0.2) is 0 Å². The van der Waals surface area contributed by atoms with Crippen molar-refractivity contribution in [2.75, 3.05) is 13.2 Å². The van der Waals surface area contributed by atoms with E-state index in [4.69, 9.17) is 4.74 Å². The van der Waals surface area contributed by atoms with Crippen LogP contribution < -0.4 is 10.6 Å². The summed E-state index contributed by atoms with van der Waals surface area (Å²) in [5.74, 6) is 0.00811. The van der Waals surface area contributed by atoms with Crippen LogP contribution in [0.1, 0.15) is 19.4 Å². The Hall–Kier alpha value is -0.880. The lowest BCUT2D eigenvalue weighted by atomic mass is 10.1. The highest BCUT2D eigenvalue weighted by Crippen LogP contribution is 2.06. The molecule has 1 saturated heterocycles. The van der Waals surface area contributed by atoms with Crippen LogP contribution >= 0.6 is 24.8 Å². The number of nitrogens with one attached hydrogen (secondary N) is 2. The molecule has 2 heterocycles. The minimum absolute atomic E-state index is 0. The number of ether oxygens (including phenoxy) is 1. The van der Waals surface area contributed by atoms with Gasteiger partial charge in [0.25, 0.3) is 0 Å². The number of aromatic nitrogens is 1. The fraction of sp³-hybridized carbons (Fsp3) is 0.571. The molecule has 2 rings (SSSR count). The van der Waals surface area contributed by atoms with E-state index in [9.17, 15) is 4.79 Å². The lowest BCUT2D eigenvalue weighted by molar-refractivity contribution is -0.129. The molecule has 1 aliphatic rings. The van der Waals surface area contributed by atoms with E-state index in [0.29, 0.717) is 6.61 Å². The minimum Gasteiger partial charge on any atom is -0.375 e. The molecule has 0 spiro atoms. The van der Waals surface area contributed by atoms with Crippen molar-refractivity contribution < 1.29 is 9.53 Å². The molecular weight excluding hydrogens is 313 g/mol. The van der Waals surface area contributed by atoms with Crippen LogP contribution in [0, 0.1) is 0 Å². The van der Waals surface area contributed by atoms with Gasteiger partial charge in [-0.15, -0.1) is 24.8 Å². The maximum absolute atomic E-state index is 12.1. The molecule has 1 fully saturated rings. The van der Waals surface area contributed by atoms with Crippen LogP contribution in [-0.4, -0.2) is 42.2 Å². The zero-order valence-electron chi connectivity index (χ0n) is 12.2. The van der Waals surface area contributed by atoms with Crippen molar-refractivity contribution >= 4 is 30.7 Å². The summed E-state index contributed by atoms with van der Waals surface area (Å²) in [6.45, 7) is 5.31. The second kappa shape index (κ2) is 9.95.